The molecule has 0 saturated carbocycles. The Morgan fingerprint density at radius 2 is 1.35 bits per heavy atom. The molecule has 1 heterocycles. The van der Waals surface area contributed by atoms with Gasteiger partial charge in [-0.2, -0.15) is 0 Å². The minimum absolute atomic E-state index is 0.265. The molecule has 0 unspecified atom stereocenters. The molecule has 31 heavy (non-hydrogen) atoms. The van der Waals surface area contributed by atoms with E-state index < -0.39 is 17.9 Å². The quantitative estimate of drug-likeness (QED) is 0.578. The molecule has 156 valence electrons. The summed E-state index contributed by atoms with van der Waals surface area (Å²) in [6, 6.07) is 23.2. The third-order valence-corrected chi connectivity index (χ3v) is 5.61. The third kappa shape index (κ3) is 4.12. The Hall–Kier alpha value is -3.73. The molecule has 0 saturated heterocycles. The lowest BCUT2D eigenvalue weighted by Gasteiger charge is -2.29. The fourth-order valence-corrected chi connectivity index (χ4v) is 3.92. The molecule has 0 spiro atoms. The summed E-state index contributed by atoms with van der Waals surface area (Å²) < 4.78 is 0. The molecule has 1 aliphatic rings. The number of amides is 3. The van der Waals surface area contributed by atoms with Gasteiger partial charge >= 0.3 is 0 Å². The highest BCUT2D eigenvalue weighted by Gasteiger charge is 2.43. The highest BCUT2D eigenvalue weighted by molar-refractivity contribution is 6.22. The Balaban J connectivity index is 1.64. The lowest BCUT2D eigenvalue weighted by Crippen LogP contribution is -2.51. The average molecular weight is 412 g/mol. The van der Waals surface area contributed by atoms with Gasteiger partial charge in [0.15, 0.2) is 0 Å². The Morgan fingerprint density at radius 1 is 0.806 bits per heavy atom. The minimum Gasteiger partial charge on any atom is -0.340 e. The second-order valence-corrected chi connectivity index (χ2v) is 7.91. The number of benzene rings is 3. The van der Waals surface area contributed by atoms with E-state index in [1.807, 2.05) is 61.5 Å². The first-order valence-corrected chi connectivity index (χ1v) is 10.3. The second kappa shape index (κ2) is 8.56. The lowest BCUT2D eigenvalue weighted by molar-refractivity contribution is -0.134. The van der Waals surface area contributed by atoms with Crippen molar-refractivity contribution in [3.05, 3.63) is 107 Å². The van der Waals surface area contributed by atoms with E-state index in [0.717, 1.165) is 21.6 Å². The van der Waals surface area contributed by atoms with Gasteiger partial charge < -0.3 is 4.90 Å². The number of imide groups is 1. The van der Waals surface area contributed by atoms with Crippen LogP contribution in [-0.4, -0.2) is 40.6 Å². The summed E-state index contributed by atoms with van der Waals surface area (Å²) in [5, 5.41) is 0. The van der Waals surface area contributed by atoms with E-state index in [1.165, 1.54) is 0 Å². The average Bonchev–Trinajstić information content (AvgIpc) is 3.04. The summed E-state index contributed by atoms with van der Waals surface area (Å²) in [5.41, 5.74) is 3.72. The molecule has 5 nitrogen and oxygen atoms in total. The number of likely N-dealkylation sites (N-methyl/N-ethyl adjacent to an activating group) is 1. The smallest absolute Gasteiger partial charge is 0.262 e. The second-order valence-electron chi connectivity index (χ2n) is 7.91. The van der Waals surface area contributed by atoms with Crippen molar-refractivity contribution in [1.29, 1.82) is 0 Å². The van der Waals surface area contributed by atoms with E-state index >= 15 is 0 Å². The standard InChI is InChI=1S/C26H24N2O3/c1-18-12-14-20(15-13-18)17-27(2)26(31)23(16-19-8-4-3-5-9-19)28-24(29)21-10-6-7-11-22(21)25(28)30/h3-15,23H,16-17H2,1-2H3/t23-/m0/s1. The van der Waals surface area contributed by atoms with Gasteiger partial charge in [-0.15, -0.1) is 0 Å². The first kappa shape index (κ1) is 20.5. The predicted octanol–water partition coefficient (Wildman–Crippen LogP) is 3.86. The van der Waals surface area contributed by atoms with Gasteiger partial charge in [0.25, 0.3) is 11.8 Å². The van der Waals surface area contributed by atoms with Crippen LogP contribution >= 0.6 is 0 Å². The number of carbonyl (C=O) groups is 3. The zero-order valence-corrected chi connectivity index (χ0v) is 17.6. The first-order chi connectivity index (χ1) is 15.0. The van der Waals surface area contributed by atoms with Crippen molar-refractivity contribution in [2.45, 2.75) is 25.9 Å². The Morgan fingerprint density at radius 3 is 1.94 bits per heavy atom. The van der Waals surface area contributed by atoms with Crippen molar-refractivity contribution in [2.75, 3.05) is 7.05 Å². The largest absolute Gasteiger partial charge is 0.340 e. The molecule has 3 aromatic carbocycles. The van der Waals surface area contributed by atoms with Gasteiger partial charge in [-0.05, 0) is 30.2 Å². The van der Waals surface area contributed by atoms with Gasteiger partial charge in [0, 0.05) is 20.0 Å². The van der Waals surface area contributed by atoms with Gasteiger partial charge in [-0.25, -0.2) is 0 Å². The van der Waals surface area contributed by atoms with Crippen LogP contribution < -0.4 is 0 Å². The van der Waals surface area contributed by atoms with E-state index in [1.54, 1.807) is 36.2 Å². The number of aryl methyl sites for hydroxylation is 1. The maximum absolute atomic E-state index is 13.5. The summed E-state index contributed by atoms with van der Waals surface area (Å²) in [6.07, 6.45) is 0.267. The fourth-order valence-electron chi connectivity index (χ4n) is 3.92. The molecule has 3 amide bonds. The van der Waals surface area contributed by atoms with Crippen LogP contribution in [0.1, 0.15) is 37.4 Å². The summed E-state index contributed by atoms with van der Waals surface area (Å²) in [6.45, 7) is 2.41. The van der Waals surface area contributed by atoms with Crippen LogP contribution in [0.5, 0.6) is 0 Å². The van der Waals surface area contributed by atoms with Crippen molar-refractivity contribution < 1.29 is 14.4 Å². The number of hydrogen-bond donors (Lipinski definition) is 0. The number of rotatable bonds is 6. The highest BCUT2D eigenvalue weighted by Crippen LogP contribution is 2.27. The Kier molecular flexibility index (Phi) is 5.67. The van der Waals surface area contributed by atoms with Crippen molar-refractivity contribution in [3.63, 3.8) is 0 Å². The fraction of sp³-hybridized carbons (Fsp3) is 0.192. The molecule has 1 aliphatic heterocycles. The van der Waals surface area contributed by atoms with Gasteiger partial charge in [-0.3, -0.25) is 19.3 Å². The van der Waals surface area contributed by atoms with E-state index in [-0.39, 0.29) is 12.3 Å². The molecule has 0 bridgehead atoms. The molecule has 0 aliphatic carbocycles. The van der Waals surface area contributed by atoms with Crippen molar-refractivity contribution in [3.8, 4) is 0 Å². The molecule has 1 atom stereocenters. The van der Waals surface area contributed by atoms with E-state index in [2.05, 4.69) is 0 Å². The van der Waals surface area contributed by atoms with Crippen LogP contribution in [0.25, 0.3) is 0 Å². The Labute approximate surface area is 181 Å². The maximum atomic E-state index is 13.5. The van der Waals surface area contributed by atoms with Crippen LogP contribution in [0.3, 0.4) is 0 Å². The number of carbonyl (C=O) groups excluding carboxylic acids is 3. The van der Waals surface area contributed by atoms with Crippen molar-refractivity contribution >= 4 is 17.7 Å². The first-order valence-electron chi connectivity index (χ1n) is 10.3. The predicted molar refractivity (Wildman–Crippen MR) is 119 cm³/mol. The summed E-state index contributed by atoms with van der Waals surface area (Å²) >= 11 is 0. The number of nitrogens with zero attached hydrogens (tertiary/aromatic N) is 2. The molecular weight excluding hydrogens is 388 g/mol. The normalized spacial score (nSPS) is 13.8. The number of hydrogen-bond acceptors (Lipinski definition) is 3. The van der Waals surface area contributed by atoms with Gasteiger partial charge in [0.1, 0.15) is 6.04 Å². The maximum Gasteiger partial charge on any atom is 0.262 e. The topological polar surface area (TPSA) is 57.7 Å². The van der Waals surface area contributed by atoms with Gasteiger partial charge in [0.05, 0.1) is 11.1 Å². The van der Waals surface area contributed by atoms with Crippen LogP contribution in [-0.2, 0) is 17.8 Å². The molecule has 3 aromatic rings. The highest BCUT2D eigenvalue weighted by atomic mass is 16.2. The monoisotopic (exact) mass is 412 g/mol. The Bertz CT molecular complexity index is 1090. The van der Waals surface area contributed by atoms with Crippen LogP contribution in [0.4, 0.5) is 0 Å². The van der Waals surface area contributed by atoms with Crippen LogP contribution in [0, 0.1) is 6.92 Å². The molecule has 0 N–H and O–H groups in total. The van der Waals surface area contributed by atoms with E-state index in [4.69, 9.17) is 0 Å². The molecule has 0 aromatic heterocycles. The molecule has 0 radical (unpaired) electrons. The van der Waals surface area contributed by atoms with Crippen LogP contribution in [0.2, 0.25) is 0 Å². The molecule has 4 rings (SSSR count). The molecular formula is C26H24N2O3. The van der Waals surface area contributed by atoms with Gasteiger partial charge in [-0.1, -0.05) is 72.3 Å². The zero-order valence-electron chi connectivity index (χ0n) is 17.6. The zero-order chi connectivity index (χ0) is 22.0. The van der Waals surface area contributed by atoms with Gasteiger partial charge in [0.2, 0.25) is 5.91 Å². The van der Waals surface area contributed by atoms with Crippen molar-refractivity contribution in [1.82, 2.24) is 9.80 Å². The lowest BCUT2D eigenvalue weighted by atomic mass is 10.0. The third-order valence-electron chi connectivity index (χ3n) is 5.61. The molecule has 0 fully saturated rings. The summed E-state index contributed by atoms with van der Waals surface area (Å²) in [7, 11) is 1.71. The van der Waals surface area contributed by atoms with Crippen molar-refractivity contribution in [2.24, 2.45) is 0 Å². The summed E-state index contributed by atoms with van der Waals surface area (Å²) in [4.78, 5) is 42.4. The minimum atomic E-state index is -0.912. The molecule has 5 heteroatoms. The van der Waals surface area contributed by atoms with E-state index in [9.17, 15) is 14.4 Å². The van der Waals surface area contributed by atoms with E-state index in [0.29, 0.717) is 17.7 Å². The van der Waals surface area contributed by atoms with Crippen LogP contribution in [0.15, 0.2) is 78.9 Å². The SMILES string of the molecule is Cc1ccc(CN(C)C(=O)[C@H](Cc2ccccc2)N2C(=O)c3ccccc3C2=O)cc1. The summed E-state index contributed by atoms with van der Waals surface area (Å²) in [5.74, 6) is -1.10. The number of fused-ring (bicyclic) bond motifs is 1.